The Bertz CT molecular complexity index is 416. The minimum absolute atomic E-state index is 0.0684. The lowest BCUT2D eigenvalue weighted by Gasteiger charge is -2.18. The van der Waals surface area contributed by atoms with Crippen molar-refractivity contribution < 1.29 is 15.0 Å². The minimum atomic E-state index is -0.231. The number of benzene rings is 1. The number of carbonyl (C=O) groups excluding carboxylic acids is 1. The quantitative estimate of drug-likeness (QED) is 0.748. The van der Waals surface area contributed by atoms with E-state index in [4.69, 9.17) is 0 Å². The molecule has 0 radical (unpaired) electrons. The molecule has 1 amide bonds. The van der Waals surface area contributed by atoms with E-state index in [-0.39, 0.29) is 24.3 Å². The highest BCUT2D eigenvalue weighted by atomic mass is 16.3. The number of aliphatic hydroxyl groups is 1. The van der Waals surface area contributed by atoms with Crippen LogP contribution in [0, 0.1) is 12.8 Å². The molecule has 4 nitrogen and oxygen atoms in total. The van der Waals surface area contributed by atoms with Crippen molar-refractivity contribution in [3.05, 3.63) is 29.3 Å². The smallest absolute Gasteiger partial charge is 0.251 e. The predicted octanol–water partition coefficient (Wildman–Crippen LogP) is 1.84. The van der Waals surface area contributed by atoms with Crippen LogP contribution in [0.25, 0.3) is 0 Å². The molecule has 0 bridgehead atoms. The van der Waals surface area contributed by atoms with Crippen LogP contribution in [-0.2, 0) is 0 Å². The molecule has 0 aliphatic heterocycles. The summed E-state index contributed by atoms with van der Waals surface area (Å²) in [6.07, 6.45) is 0.735. The summed E-state index contributed by atoms with van der Waals surface area (Å²) in [5, 5.41) is 21.3. The maximum absolute atomic E-state index is 12.0. The number of hydrogen-bond acceptors (Lipinski definition) is 3. The minimum Gasteiger partial charge on any atom is -0.508 e. The second-order valence-corrected chi connectivity index (χ2v) is 4.98. The number of phenols is 1. The van der Waals surface area contributed by atoms with E-state index in [2.05, 4.69) is 5.32 Å². The summed E-state index contributed by atoms with van der Waals surface area (Å²) in [5.41, 5.74) is 1.24. The van der Waals surface area contributed by atoms with E-state index >= 15 is 0 Å². The number of amides is 1. The Morgan fingerprint density at radius 2 is 2.06 bits per heavy atom. The molecule has 1 atom stereocenters. The lowest BCUT2D eigenvalue weighted by Crippen LogP contribution is -2.38. The number of phenolic OH excluding ortho intramolecular Hbond substituents is 1. The molecule has 4 heteroatoms. The summed E-state index contributed by atoms with van der Waals surface area (Å²) in [5.74, 6) is 0.334. The number of carbonyl (C=O) groups is 1. The lowest BCUT2D eigenvalue weighted by atomic mass is 10.0. The van der Waals surface area contributed by atoms with Gasteiger partial charge in [0.2, 0.25) is 0 Å². The summed E-state index contributed by atoms with van der Waals surface area (Å²) >= 11 is 0. The fourth-order valence-electron chi connectivity index (χ4n) is 1.91. The third-order valence-corrected chi connectivity index (χ3v) is 2.77. The van der Waals surface area contributed by atoms with Crippen molar-refractivity contribution in [1.82, 2.24) is 5.32 Å². The zero-order chi connectivity index (χ0) is 13.7. The highest BCUT2D eigenvalue weighted by Gasteiger charge is 2.15. The van der Waals surface area contributed by atoms with Gasteiger partial charge in [0.05, 0.1) is 12.6 Å². The Kier molecular flexibility index (Phi) is 5.16. The third-order valence-electron chi connectivity index (χ3n) is 2.77. The van der Waals surface area contributed by atoms with Crippen LogP contribution in [-0.4, -0.2) is 28.8 Å². The van der Waals surface area contributed by atoms with Gasteiger partial charge >= 0.3 is 0 Å². The fourth-order valence-corrected chi connectivity index (χ4v) is 1.91. The first-order valence-corrected chi connectivity index (χ1v) is 6.15. The lowest BCUT2D eigenvalue weighted by molar-refractivity contribution is 0.0907. The molecule has 0 spiro atoms. The molecule has 0 saturated heterocycles. The van der Waals surface area contributed by atoms with E-state index in [1.54, 1.807) is 19.1 Å². The van der Waals surface area contributed by atoms with E-state index in [1.165, 1.54) is 6.07 Å². The van der Waals surface area contributed by atoms with Gasteiger partial charge in [0, 0.05) is 5.56 Å². The monoisotopic (exact) mass is 251 g/mol. The first kappa shape index (κ1) is 14.5. The molecule has 0 aliphatic carbocycles. The van der Waals surface area contributed by atoms with Crippen LogP contribution in [0.2, 0.25) is 0 Å². The fraction of sp³-hybridized carbons (Fsp3) is 0.500. The number of hydrogen-bond donors (Lipinski definition) is 3. The first-order valence-electron chi connectivity index (χ1n) is 6.15. The molecule has 0 fully saturated rings. The van der Waals surface area contributed by atoms with Crippen LogP contribution in [0.4, 0.5) is 0 Å². The van der Waals surface area contributed by atoms with Crippen LogP contribution in [0.3, 0.4) is 0 Å². The zero-order valence-corrected chi connectivity index (χ0v) is 11.1. The highest BCUT2D eigenvalue weighted by Crippen LogP contribution is 2.16. The number of aromatic hydroxyl groups is 1. The maximum Gasteiger partial charge on any atom is 0.251 e. The van der Waals surface area contributed by atoms with Gasteiger partial charge in [-0.3, -0.25) is 4.79 Å². The van der Waals surface area contributed by atoms with E-state index in [9.17, 15) is 15.0 Å². The Morgan fingerprint density at radius 1 is 1.39 bits per heavy atom. The van der Waals surface area contributed by atoms with Crippen molar-refractivity contribution in [1.29, 1.82) is 0 Å². The molecule has 1 unspecified atom stereocenters. The SMILES string of the molecule is Cc1cc(O)ccc1C(=O)NC(CO)CC(C)C. The Morgan fingerprint density at radius 3 is 2.56 bits per heavy atom. The number of aliphatic hydroxyl groups excluding tert-OH is 1. The second kappa shape index (κ2) is 6.40. The maximum atomic E-state index is 12.0. The molecule has 1 rings (SSSR count). The van der Waals surface area contributed by atoms with Gasteiger partial charge in [0.25, 0.3) is 5.91 Å². The molecule has 100 valence electrons. The molecule has 1 aromatic rings. The van der Waals surface area contributed by atoms with E-state index in [0.29, 0.717) is 17.0 Å². The number of nitrogens with one attached hydrogen (secondary N) is 1. The predicted molar refractivity (Wildman–Crippen MR) is 70.6 cm³/mol. The molecule has 0 aliphatic rings. The van der Waals surface area contributed by atoms with E-state index < -0.39 is 0 Å². The average Bonchev–Trinajstić information content (AvgIpc) is 2.27. The normalized spacial score (nSPS) is 12.5. The Balaban J connectivity index is 2.74. The van der Waals surface area contributed by atoms with Gasteiger partial charge in [-0.1, -0.05) is 13.8 Å². The summed E-state index contributed by atoms with van der Waals surface area (Å²) in [7, 11) is 0. The van der Waals surface area contributed by atoms with Gasteiger partial charge in [-0.25, -0.2) is 0 Å². The topological polar surface area (TPSA) is 69.6 Å². The van der Waals surface area contributed by atoms with Gasteiger partial charge in [-0.15, -0.1) is 0 Å². The molecule has 0 saturated carbocycles. The van der Waals surface area contributed by atoms with Crippen molar-refractivity contribution in [2.45, 2.75) is 33.2 Å². The van der Waals surface area contributed by atoms with Crippen LogP contribution in [0.15, 0.2) is 18.2 Å². The van der Waals surface area contributed by atoms with Gasteiger partial charge < -0.3 is 15.5 Å². The summed E-state index contributed by atoms with van der Waals surface area (Å²) in [4.78, 5) is 12.0. The molecular formula is C14H21NO3. The first-order chi connectivity index (χ1) is 8.43. The van der Waals surface area contributed by atoms with Crippen LogP contribution >= 0.6 is 0 Å². The van der Waals surface area contributed by atoms with E-state index in [0.717, 1.165) is 6.42 Å². The standard InChI is InChI=1S/C14H21NO3/c1-9(2)6-11(8-16)15-14(18)13-5-4-12(17)7-10(13)3/h4-5,7,9,11,16-17H,6,8H2,1-3H3,(H,15,18). The molecule has 3 N–H and O–H groups in total. The average molecular weight is 251 g/mol. The highest BCUT2D eigenvalue weighted by molar-refractivity contribution is 5.95. The van der Waals surface area contributed by atoms with Crippen molar-refractivity contribution in [3.8, 4) is 5.75 Å². The number of rotatable bonds is 5. The van der Waals surface area contributed by atoms with Gasteiger partial charge in [0.15, 0.2) is 0 Å². The summed E-state index contributed by atoms with van der Waals surface area (Å²) in [6.45, 7) is 5.79. The number of aryl methyl sites for hydroxylation is 1. The Hall–Kier alpha value is -1.55. The largest absolute Gasteiger partial charge is 0.508 e. The summed E-state index contributed by atoms with van der Waals surface area (Å²) in [6, 6.07) is 4.39. The van der Waals surface area contributed by atoms with Gasteiger partial charge in [-0.05, 0) is 43.0 Å². The molecule has 0 heterocycles. The van der Waals surface area contributed by atoms with Gasteiger partial charge in [0.1, 0.15) is 5.75 Å². The third kappa shape index (κ3) is 4.04. The Labute approximate surface area is 108 Å². The zero-order valence-electron chi connectivity index (χ0n) is 11.1. The van der Waals surface area contributed by atoms with Gasteiger partial charge in [-0.2, -0.15) is 0 Å². The van der Waals surface area contributed by atoms with Crippen molar-refractivity contribution in [2.75, 3.05) is 6.61 Å². The molecular weight excluding hydrogens is 230 g/mol. The molecule has 18 heavy (non-hydrogen) atoms. The van der Waals surface area contributed by atoms with Crippen LogP contribution in [0.5, 0.6) is 5.75 Å². The van der Waals surface area contributed by atoms with Crippen molar-refractivity contribution >= 4 is 5.91 Å². The van der Waals surface area contributed by atoms with Crippen LogP contribution in [0.1, 0.15) is 36.2 Å². The molecule has 0 aromatic heterocycles. The van der Waals surface area contributed by atoms with Crippen LogP contribution < -0.4 is 5.32 Å². The second-order valence-electron chi connectivity index (χ2n) is 4.98. The molecule has 1 aromatic carbocycles. The van der Waals surface area contributed by atoms with E-state index in [1.807, 2.05) is 13.8 Å². The van der Waals surface area contributed by atoms with Crippen molar-refractivity contribution in [2.24, 2.45) is 5.92 Å². The van der Waals surface area contributed by atoms with Crippen molar-refractivity contribution in [3.63, 3.8) is 0 Å². The summed E-state index contributed by atoms with van der Waals surface area (Å²) < 4.78 is 0.